The fourth-order valence-electron chi connectivity index (χ4n) is 2.28. The fraction of sp³-hybridized carbons (Fsp3) is 0.312. The molecule has 0 unspecified atom stereocenters. The average molecular weight is 362 g/mol. The lowest BCUT2D eigenvalue weighted by molar-refractivity contribution is -0.114. The molecule has 1 amide bonds. The second kappa shape index (κ2) is 7.78. The Bertz CT molecular complexity index is 844. The summed E-state index contributed by atoms with van der Waals surface area (Å²) in [5, 5.41) is 6.24. The van der Waals surface area contributed by atoms with E-state index in [1.165, 1.54) is 18.3 Å². The number of hydrogen-bond acceptors (Lipinski definition) is 6. The summed E-state index contributed by atoms with van der Waals surface area (Å²) in [7, 11) is 1.70. The predicted octanol–water partition coefficient (Wildman–Crippen LogP) is 3.39. The van der Waals surface area contributed by atoms with Gasteiger partial charge in [-0.1, -0.05) is 23.9 Å². The van der Waals surface area contributed by atoms with Crippen molar-refractivity contribution in [3.05, 3.63) is 35.3 Å². The van der Waals surface area contributed by atoms with E-state index < -0.39 is 0 Å². The van der Waals surface area contributed by atoms with Gasteiger partial charge in [-0.05, 0) is 12.1 Å². The van der Waals surface area contributed by atoms with Crippen LogP contribution in [0.5, 0.6) is 0 Å². The van der Waals surface area contributed by atoms with Gasteiger partial charge in [0.2, 0.25) is 5.91 Å². The number of anilines is 1. The second-order valence-corrected chi connectivity index (χ2v) is 6.94. The second-order valence-electron chi connectivity index (χ2n) is 5.14. The van der Waals surface area contributed by atoms with Crippen LogP contribution < -0.4 is 5.32 Å². The van der Waals surface area contributed by atoms with Crippen molar-refractivity contribution in [1.82, 2.24) is 14.5 Å². The largest absolute Gasteiger partial charge is 0.383 e. The quantitative estimate of drug-likeness (QED) is 0.653. The van der Waals surface area contributed by atoms with Gasteiger partial charge in [-0.2, -0.15) is 0 Å². The van der Waals surface area contributed by atoms with E-state index in [2.05, 4.69) is 20.9 Å². The Hall–Kier alpha value is -1.90. The summed E-state index contributed by atoms with van der Waals surface area (Å²) < 4.78 is 7.38. The van der Waals surface area contributed by atoms with Crippen molar-refractivity contribution in [2.24, 2.45) is 0 Å². The van der Waals surface area contributed by atoms with Gasteiger partial charge in [0.1, 0.15) is 0 Å². The van der Waals surface area contributed by atoms with Crippen LogP contribution in [0.4, 0.5) is 5.13 Å². The number of imidazole rings is 1. The molecule has 1 aromatic carbocycles. The fourth-order valence-corrected chi connectivity index (χ4v) is 4.08. The standard InChI is InChI=1S/C16H18N4O2S2/c1-11(21)17-15-18-12(9-23-15)10-24-16-19-13-5-3-4-6-14(13)20(16)7-8-22-2/h3-6,9H,7-8,10H2,1-2H3,(H,17,18,21). The summed E-state index contributed by atoms with van der Waals surface area (Å²) in [6, 6.07) is 8.09. The van der Waals surface area contributed by atoms with Crippen molar-refractivity contribution in [1.29, 1.82) is 0 Å². The molecule has 0 fully saturated rings. The first-order chi connectivity index (χ1) is 11.7. The number of carbonyl (C=O) groups excluding carboxylic acids is 1. The predicted molar refractivity (Wildman–Crippen MR) is 97.6 cm³/mol. The van der Waals surface area contributed by atoms with Crippen molar-refractivity contribution in [3.63, 3.8) is 0 Å². The van der Waals surface area contributed by atoms with Crippen LogP contribution >= 0.6 is 23.1 Å². The molecule has 0 aliphatic heterocycles. The molecular weight excluding hydrogens is 344 g/mol. The van der Waals surface area contributed by atoms with Crippen LogP contribution in [-0.2, 0) is 21.8 Å². The molecule has 6 nitrogen and oxygen atoms in total. The Morgan fingerprint density at radius 1 is 1.38 bits per heavy atom. The van der Waals surface area contributed by atoms with Crippen molar-refractivity contribution < 1.29 is 9.53 Å². The van der Waals surface area contributed by atoms with Gasteiger partial charge in [0.05, 0.1) is 23.3 Å². The van der Waals surface area contributed by atoms with Crippen molar-refractivity contribution >= 4 is 45.2 Å². The normalized spacial score (nSPS) is 11.1. The SMILES string of the molecule is COCCn1c(SCc2csc(NC(C)=O)n2)nc2ccccc21. The van der Waals surface area contributed by atoms with Gasteiger partial charge in [0, 0.05) is 31.7 Å². The van der Waals surface area contributed by atoms with Crippen LogP contribution in [-0.4, -0.2) is 34.2 Å². The van der Waals surface area contributed by atoms with Crippen LogP contribution in [0.1, 0.15) is 12.6 Å². The first kappa shape index (κ1) is 16.9. The highest BCUT2D eigenvalue weighted by atomic mass is 32.2. The number of thiazole rings is 1. The highest BCUT2D eigenvalue weighted by Crippen LogP contribution is 2.28. The number of amides is 1. The van der Waals surface area contributed by atoms with E-state index >= 15 is 0 Å². The Morgan fingerprint density at radius 2 is 2.21 bits per heavy atom. The maximum Gasteiger partial charge on any atom is 0.223 e. The van der Waals surface area contributed by atoms with Gasteiger partial charge in [-0.25, -0.2) is 9.97 Å². The molecular formula is C16H18N4O2S2. The van der Waals surface area contributed by atoms with Crippen LogP contribution in [0.3, 0.4) is 0 Å². The summed E-state index contributed by atoms with van der Waals surface area (Å²) >= 11 is 3.07. The van der Waals surface area contributed by atoms with Gasteiger partial charge in [-0.15, -0.1) is 11.3 Å². The third-order valence-electron chi connectivity index (χ3n) is 3.32. The number of ether oxygens (including phenoxy) is 1. The smallest absolute Gasteiger partial charge is 0.223 e. The zero-order valence-electron chi connectivity index (χ0n) is 13.5. The topological polar surface area (TPSA) is 69.0 Å². The summed E-state index contributed by atoms with van der Waals surface area (Å²) in [6.45, 7) is 2.87. The molecule has 3 aromatic rings. The summed E-state index contributed by atoms with van der Waals surface area (Å²) in [5.74, 6) is 0.594. The first-order valence-corrected chi connectivity index (χ1v) is 9.33. The number of hydrogen-bond donors (Lipinski definition) is 1. The Balaban J connectivity index is 1.76. The van der Waals surface area contributed by atoms with Gasteiger partial charge in [0.15, 0.2) is 10.3 Å². The van der Waals surface area contributed by atoms with E-state index in [0.29, 0.717) is 17.5 Å². The zero-order chi connectivity index (χ0) is 16.9. The number of rotatable bonds is 7. The Labute approximate surface area is 148 Å². The third-order valence-corrected chi connectivity index (χ3v) is 5.14. The number of methoxy groups -OCH3 is 1. The highest BCUT2D eigenvalue weighted by Gasteiger charge is 2.12. The molecule has 8 heteroatoms. The van der Waals surface area contributed by atoms with E-state index in [-0.39, 0.29) is 5.91 Å². The molecule has 2 aromatic heterocycles. The third kappa shape index (κ3) is 3.95. The number of fused-ring (bicyclic) bond motifs is 1. The number of carbonyl (C=O) groups is 1. The van der Waals surface area contributed by atoms with Crippen LogP contribution in [0, 0.1) is 0 Å². The number of benzene rings is 1. The van der Waals surface area contributed by atoms with Gasteiger partial charge in [-0.3, -0.25) is 4.79 Å². The zero-order valence-corrected chi connectivity index (χ0v) is 15.1. The minimum Gasteiger partial charge on any atom is -0.383 e. The molecule has 0 aliphatic rings. The first-order valence-electron chi connectivity index (χ1n) is 7.46. The lowest BCUT2D eigenvalue weighted by Crippen LogP contribution is -2.06. The molecule has 0 radical (unpaired) electrons. The molecule has 0 aliphatic carbocycles. The number of thioether (sulfide) groups is 1. The molecule has 3 rings (SSSR count). The van der Waals surface area contributed by atoms with Crippen LogP contribution in [0.15, 0.2) is 34.8 Å². The molecule has 0 saturated carbocycles. The number of nitrogens with one attached hydrogen (secondary N) is 1. The number of nitrogens with zero attached hydrogens (tertiary/aromatic N) is 3. The maximum absolute atomic E-state index is 11.1. The highest BCUT2D eigenvalue weighted by molar-refractivity contribution is 7.98. The van der Waals surface area contributed by atoms with E-state index in [9.17, 15) is 4.79 Å². The van der Waals surface area contributed by atoms with Crippen molar-refractivity contribution in [2.45, 2.75) is 24.4 Å². The van der Waals surface area contributed by atoms with Gasteiger partial charge < -0.3 is 14.6 Å². The summed E-state index contributed by atoms with van der Waals surface area (Å²) in [6.07, 6.45) is 0. The van der Waals surface area contributed by atoms with Crippen molar-refractivity contribution in [2.75, 3.05) is 19.0 Å². The summed E-state index contributed by atoms with van der Waals surface area (Å²) in [5.41, 5.74) is 3.02. The molecule has 1 N–H and O–H groups in total. The number of para-hydroxylation sites is 2. The average Bonchev–Trinajstić information content (AvgIpc) is 3.14. The maximum atomic E-state index is 11.1. The van der Waals surface area contributed by atoms with E-state index in [1.807, 2.05) is 23.6 Å². The monoisotopic (exact) mass is 362 g/mol. The van der Waals surface area contributed by atoms with E-state index in [1.54, 1.807) is 18.9 Å². The minimum atomic E-state index is -0.107. The van der Waals surface area contributed by atoms with E-state index in [4.69, 9.17) is 9.72 Å². The molecule has 126 valence electrons. The van der Waals surface area contributed by atoms with Gasteiger partial charge in [0.25, 0.3) is 0 Å². The minimum absolute atomic E-state index is 0.107. The Morgan fingerprint density at radius 3 is 3.00 bits per heavy atom. The molecule has 0 saturated heterocycles. The molecule has 24 heavy (non-hydrogen) atoms. The van der Waals surface area contributed by atoms with Crippen LogP contribution in [0.2, 0.25) is 0 Å². The van der Waals surface area contributed by atoms with E-state index in [0.717, 1.165) is 28.4 Å². The van der Waals surface area contributed by atoms with Crippen LogP contribution in [0.25, 0.3) is 11.0 Å². The summed E-state index contributed by atoms with van der Waals surface area (Å²) in [4.78, 5) is 20.2. The van der Waals surface area contributed by atoms with Crippen molar-refractivity contribution in [3.8, 4) is 0 Å². The molecule has 0 atom stereocenters. The molecule has 0 spiro atoms. The Kier molecular flexibility index (Phi) is 5.49. The van der Waals surface area contributed by atoms with Gasteiger partial charge >= 0.3 is 0 Å². The lowest BCUT2D eigenvalue weighted by atomic mass is 10.3. The molecule has 2 heterocycles. The lowest BCUT2D eigenvalue weighted by Gasteiger charge is -2.07. The number of aromatic nitrogens is 3. The molecule has 0 bridgehead atoms.